The minimum atomic E-state index is -0.572. The second-order valence-electron chi connectivity index (χ2n) is 2.83. The molecule has 4 heteroatoms. The van der Waals surface area contributed by atoms with Gasteiger partial charge in [0, 0.05) is 6.92 Å². The Morgan fingerprint density at radius 1 is 1.58 bits per heavy atom. The summed E-state index contributed by atoms with van der Waals surface area (Å²) in [6.45, 7) is 5.93. The zero-order valence-electron chi connectivity index (χ0n) is 7.75. The van der Waals surface area contributed by atoms with Crippen molar-refractivity contribution in [1.82, 2.24) is 0 Å². The van der Waals surface area contributed by atoms with E-state index in [9.17, 15) is 0 Å². The van der Waals surface area contributed by atoms with Gasteiger partial charge in [-0.05, 0) is 13.8 Å². The van der Waals surface area contributed by atoms with Crippen LogP contribution in [-0.2, 0) is 4.74 Å². The van der Waals surface area contributed by atoms with E-state index in [4.69, 9.17) is 21.4 Å². The van der Waals surface area contributed by atoms with Crippen molar-refractivity contribution in [2.45, 2.75) is 33.0 Å². The van der Waals surface area contributed by atoms with Gasteiger partial charge in [0.15, 0.2) is 5.90 Å². The maximum atomic E-state index is 9.05. The van der Waals surface area contributed by atoms with Crippen LogP contribution in [0.25, 0.3) is 0 Å². The molecule has 1 N–H and O–H groups in total. The highest BCUT2D eigenvalue weighted by molar-refractivity contribution is 6.18. The molecular formula is C8H16ClNO2. The van der Waals surface area contributed by atoms with Gasteiger partial charge in [-0.1, -0.05) is 0 Å². The maximum Gasteiger partial charge on any atom is 0.180 e. The molecular weight excluding hydrogens is 178 g/mol. The number of nitrogens with zero attached hydrogens (tertiary/aromatic N) is 1. The van der Waals surface area contributed by atoms with Gasteiger partial charge in [-0.15, -0.1) is 11.6 Å². The number of aliphatic hydroxyl groups excluding tert-OH is 1. The van der Waals surface area contributed by atoms with Gasteiger partial charge in [0.1, 0.15) is 0 Å². The van der Waals surface area contributed by atoms with Crippen LogP contribution in [0.1, 0.15) is 20.8 Å². The van der Waals surface area contributed by atoms with E-state index in [-0.39, 0.29) is 12.0 Å². The van der Waals surface area contributed by atoms with Crippen molar-refractivity contribution in [1.29, 1.82) is 0 Å². The largest absolute Gasteiger partial charge is 0.479 e. The Kier molecular flexibility index (Phi) is 6.11. The first-order valence-electron chi connectivity index (χ1n) is 3.98. The molecule has 1 atom stereocenters. The Hall–Kier alpha value is -0.280. The van der Waals surface area contributed by atoms with Crippen LogP contribution >= 0.6 is 11.6 Å². The molecule has 0 heterocycles. The Balaban J connectivity index is 3.68. The lowest BCUT2D eigenvalue weighted by atomic mass is 10.4. The van der Waals surface area contributed by atoms with Gasteiger partial charge in [0.05, 0.1) is 24.6 Å². The first-order chi connectivity index (χ1) is 5.56. The summed E-state index contributed by atoms with van der Waals surface area (Å²) >= 11 is 5.38. The van der Waals surface area contributed by atoms with Crippen LogP contribution in [0.15, 0.2) is 4.99 Å². The third-order valence-corrected chi connectivity index (χ3v) is 1.47. The highest BCUT2D eigenvalue weighted by atomic mass is 35.5. The fourth-order valence-corrected chi connectivity index (χ4v) is 0.759. The fraction of sp³-hybridized carbons (Fsp3) is 0.875. The summed E-state index contributed by atoms with van der Waals surface area (Å²) in [4.78, 5) is 4.00. The van der Waals surface area contributed by atoms with E-state index in [2.05, 4.69) is 4.99 Å². The second kappa shape index (κ2) is 6.26. The van der Waals surface area contributed by atoms with E-state index in [0.717, 1.165) is 0 Å². The number of alkyl halides is 1. The molecule has 0 amide bonds. The molecule has 0 rings (SSSR count). The highest BCUT2D eigenvalue weighted by Crippen LogP contribution is 1.93. The van der Waals surface area contributed by atoms with Crippen molar-refractivity contribution in [3.8, 4) is 0 Å². The SMILES string of the molecule is CC(=NC[C@H](O)CCl)OC(C)C. The van der Waals surface area contributed by atoms with Crippen molar-refractivity contribution in [3.05, 3.63) is 0 Å². The van der Waals surface area contributed by atoms with Gasteiger partial charge in [0.25, 0.3) is 0 Å². The third kappa shape index (κ3) is 6.43. The number of rotatable bonds is 4. The standard InChI is InChI=1S/C8H16ClNO2/c1-6(2)12-7(3)10-5-8(11)4-9/h6,8,11H,4-5H2,1-3H3/t8-/m1/s1. The molecule has 0 saturated carbocycles. The number of hydrogen-bond donors (Lipinski definition) is 1. The molecule has 0 radical (unpaired) electrons. The van der Waals surface area contributed by atoms with E-state index in [1.165, 1.54) is 0 Å². The normalized spacial score (nSPS) is 15.0. The van der Waals surface area contributed by atoms with E-state index >= 15 is 0 Å². The predicted molar refractivity (Wildman–Crippen MR) is 50.9 cm³/mol. The van der Waals surface area contributed by atoms with Crippen molar-refractivity contribution in [2.24, 2.45) is 4.99 Å². The lowest BCUT2D eigenvalue weighted by Gasteiger charge is -2.09. The summed E-state index contributed by atoms with van der Waals surface area (Å²) in [6.07, 6.45) is -0.445. The average Bonchev–Trinajstić information content (AvgIpc) is 1.99. The maximum absolute atomic E-state index is 9.05. The molecule has 0 aliphatic rings. The number of ether oxygens (including phenoxy) is 1. The second-order valence-corrected chi connectivity index (χ2v) is 3.14. The van der Waals surface area contributed by atoms with Crippen molar-refractivity contribution in [3.63, 3.8) is 0 Å². The van der Waals surface area contributed by atoms with Crippen molar-refractivity contribution in [2.75, 3.05) is 12.4 Å². The van der Waals surface area contributed by atoms with Gasteiger partial charge in [0.2, 0.25) is 0 Å². The predicted octanol–water partition coefficient (Wildman–Crippen LogP) is 1.43. The fourth-order valence-electron chi connectivity index (χ4n) is 0.661. The zero-order chi connectivity index (χ0) is 9.56. The first kappa shape index (κ1) is 11.7. The number of aliphatic imine (C=N–C) groups is 1. The summed E-state index contributed by atoms with van der Waals surface area (Å²) in [7, 11) is 0. The zero-order valence-corrected chi connectivity index (χ0v) is 8.51. The molecule has 0 unspecified atom stereocenters. The van der Waals surface area contributed by atoms with Crippen LogP contribution in [0, 0.1) is 0 Å². The summed E-state index contributed by atoms with van der Waals surface area (Å²) in [6, 6.07) is 0. The molecule has 0 aromatic rings. The van der Waals surface area contributed by atoms with Gasteiger partial charge < -0.3 is 9.84 Å². The first-order valence-corrected chi connectivity index (χ1v) is 4.51. The molecule has 0 aromatic carbocycles. The summed E-state index contributed by atoms with van der Waals surface area (Å²) < 4.78 is 5.24. The molecule has 0 fully saturated rings. The van der Waals surface area contributed by atoms with E-state index in [1.807, 2.05) is 13.8 Å². The molecule has 12 heavy (non-hydrogen) atoms. The molecule has 0 bridgehead atoms. The van der Waals surface area contributed by atoms with Gasteiger partial charge in [-0.2, -0.15) is 0 Å². The van der Waals surface area contributed by atoms with Crippen LogP contribution in [0.3, 0.4) is 0 Å². The molecule has 3 nitrogen and oxygen atoms in total. The minimum absolute atomic E-state index is 0.127. The van der Waals surface area contributed by atoms with E-state index < -0.39 is 6.10 Å². The number of aliphatic hydroxyl groups is 1. The smallest absolute Gasteiger partial charge is 0.180 e. The van der Waals surface area contributed by atoms with Crippen molar-refractivity contribution >= 4 is 17.5 Å². The van der Waals surface area contributed by atoms with Crippen LogP contribution in [-0.4, -0.2) is 35.6 Å². The van der Waals surface area contributed by atoms with Crippen LogP contribution < -0.4 is 0 Å². The minimum Gasteiger partial charge on any atom is -0.479 e. The van der Waals surface area contributed by atoms with Crippen LogP contribution in [0.5, 0.6) is 0 Å². The average molecular weight is 194 g/mol. The topological polar surface area (TPSA) is 41.8 Å². The number of halogens is 1. The molecule has 0 aliphatic carbocycles. The van der Waals surface area contributed by atoms with Crippen LogP contribution in [0.4, 0.5) is 0 Å². The van der Waals surface area contributed by atoms with Gasteiger partial charge in [-0.25, -0.2) is 0 Å². The molecule has 72 valence electrons. The summed E-state index contributed by atoms with van der Waals surface area (Å²) in [5, 5.41) is 9.05. The summed E-state index contributed by atoms with van der Waals surface area (Å²) in [5.41, 5.74) is 0. The Labute approximate surface area is 78.4 Å². The third-order valence-electron chi connectivity index (χ3n) is 1.11. The highest BCUT2D eigenvalue weighted by Gasteiger charge is 2.01. The van der Waals surface area contributed by atoms with Crippen LogP contribution in [0.2, 0.25) is 0 Å². The van der Waals surface area contributed by atoms with E-state index in [0.29, 0.717) is 12.4 Å². The quantitative estimate of drug-likeness (QED) is 0.417. The van der Waals surface area contributed by atoms with Gasteiger partial charge >= 0.3 is 0 Å². The van der Waals surface area contributed by atoms with Crippen molar-refractivity contribution < 1.29 is 9.84 Å². The van der Waals surface area contributed by atoms with E-state index in [1.54, 1.807) is 6.92 Å². The Morgan fingerprint density at radius 2 is 2.17 bits per heavy atom. The molecule has 0 aromatic heterocycles. The Morgan fingerprint density at radius 3 is 2.58 bits per heavy atom. The monoisotopic (exact) mass is 193 g/mol. The summed E-state index contributed by atoms with van der Waals surface area (Å²) in [5.74, 6) is 0.799. The lowest BCUT2D eigenvalue weighted by Crippen LogP contribution is -2.15. The number of hydrogen-bond acceptors (Lipinski definition) is 3. The Bertz CT molecular complexity index is 148. The molecule has 0 aliphatic heterocycles. The lowest BCUT2D eigenvalue weighted by molar-refractivity contribution is 0.199. The molecule has 0 saturated heterocycles. The molecule has 0 spiro atoms. The van der Waals surface area contributed by atoms with Gasteiger partial charge in [-0.3, -0.25) is 4.99 Å².